The molecule has 2 N–H and O–H groups in total. The molecule has 2 saturated heterocycles. The fraction of sp³-hybridized carbons (Fsp3) is 0.846. The number of aliphatic carboxylic acids is 1. The molecular formula is C13H23N3O4S. The van der Waals surface area contributed by atoms with E-state index >= 15 is 0 Å². The SMILES string of the molecule is CC1SCC(C(=O)O)N1C(=O)N1CCCN(CCO)CC1. The van der Waals surface area contributed by atoms with E-state index in [1.54, 1.807) is 4.90 Å². The lowest BCUT2D eigenvalue weighted by Gasteiger charge is -2.31. The van der Waals surface area contributed by atoms with E-state index in [2.05, 4.69) is 4.90 Å². The number of thioether (sulfide) groups is 1. The minimum absolute atomic E-state index is 0.101. The molecule has 0 bridgehead atoms. The summed E-state index contributed by atoms with van der Waals surface area (Å²) in [4.78, 5) is 29.3. The maximum atomic E-state index is 12.7. The Labute approximate surface area is 128 Å². The van der Waals surface area contributed by atoms with E-state index in [1.807, 2.05) is 6.92 Å². The summed E-state index contributed by atoms with van der Waals surface area (Å²) < 4.78 is 0. The van der Waals surface area contributed by atoms with Crippen LogP contribution in [0, 0.1) is 0 Å². The van der Waals surface area contributed by atoms with Crippen LogP contribution in [0.5, 0.6) is 0 Å². The van der Waals surface area contributed by atoms with Gasteiger partial charge in [-0.25, -0.2) is 9.59 Å². The quantitative estimate of drug-likeness (QED) is 0.759. The van der Waals surface area contributed by atoms with Crippen LogP contribution < -0.4 is 0 Å². The molecular weight excluding hydrogens is 294 g/mol. The zero-order valence-electron chi connectivity index (χ0n) is 12.3. The number of hydrogen-bond acceptors (Lipinski definition) is 5. The number of nitrogens with zero attached hydrogens (tertiary/aromatic N) is 3. The summed E-state index contributed by atoms with van der Waals surface area (Å²) in [6.07, 6.45) is 0.846. The third kappa shape index (κ3) is 3.81. The zero-order valence-corrected chi connectivity index (χ0v) is 13.1. The first-order chi connectivity index (χ1) is 10.0. The number of β-amino-alcohol motifs (C(OH)–C–C–N with tert-alkyl or cyclic N) is 1. The normalized spacial score (nSPS) is 27.7. The molecule has 0 spiro atoms. The van der Waals surface area contributed by atoms with E-state index < -0.39 is 12.0 Å². The predicted molar refractivity (Wildman–Crippen MR) is 80.3 cm³/mol. The van der Waals surface area contributed by atoms with Crippen molar-refractivity contribution in [1.82, 2.24) is 14.7 Å². The van der Waals surface area contributed by atoms with Crippen molar-refractivity contribution in [3.05, 3.63) is 0 Å². The molecule has 0 saturated carbocycles. The molecule has 0 aliphatic carbocycles. The van der Waals surface area contributed by atoms with Crippen molar-refractivity contribution < 1.29 is 19.8 Å². The Kier molecular flexibility index (Phi) is 5.72. The number of carbonyl (C=O) groups is 2. The molecule has 0 radical (unpaired) electrons. The molecule has 8 heteroatoms. The predicted octanol–water partition coefficient (Wildman–Crippen LogP) is -0.0456. The molecule has 2 heterocycles. The highest BCUT2D eigenvalue weighted by Gasteiger charge is 2.41. The maximum Gasteiger partial charge on any atom is 0.327 e. The minimum Gasteiger partial charge on any atom is -0.480 e. The molecule has 0 aromatic heterocycles. The molecule has 120 valence electrons. The van der Waals surface area contributed by atoms with Gasteiger partial charge in [-0.3, -0.25) is 9.80 Å². The summed E-state index contributed by atoms with van der Waals surface area (Å²) in [5, 5.41) is 18.1. The molecule has 2 fully saturated rings. The van der Waals surface area contributed by atoms with Gasteiger partial charge >= 0.3 is 12.0 Å². The van der Waals surface area contributed by atoms with Gasteiger partial charge in [-0.05, 0) is 19.9 Å². The zero-order chi connectivity index (χ0) is 15.4. The largest absolute Gasteiger partial charge is 0.480 e. The Bertz CT molecular complexity index is 396. The average molecular weight is 317 g/mol. The number of rotatable bonds is 3. The molecule has 2 atom stereocenters. The van der Waals surface area contributed by atoms with Crippen molar-refractivity contribution in [2.24, 2.45) is 0 Å². The molecule has 2 unspecified atom stereocenters. The Morgan fingerprint density at radius 3 is 2.67 bits per heavy atom. The highest BCUT2D eigenvalue weighted by atomic mass is 32.2. The molecule has 0 aromatic carbocycles. The van der Waals surface area contributed by atoms with E-state index in [-0.39, 0.29) is 18.0 Å². The highest BCUT2D eigenvalue weighted by molar-refractivity contribution is 8.00. The second-order valence-electron chi connectivity index (χ2n) is 5.38. The molecule has 2 rings (SSSR count). The number of carbonyl (C=O) groups excluding carboxylic acids is 1. The lowest BCUT2D eigenvalue weighted by molar-refractivity contribution is -0.141. The fourth-order valence-corrected chi connectivity index (χ4v) is 3.98. The number of hydrogen-bond donors (Lipinski definition) is 2. The van der Waals surface area contributed by atoms with Gasteiger partial charge in [-0.15, -0.1) is 11.8 Å². The van der Waals surface area contributed by atoms with Gasteiger partial charge < -0.3 is 15.1 Å². The van der Waals surface area contributed by atoms with Gasteiger partial charge in [0.2, 0.25) is 0 Å². The van der Waals surface area contributed by atoms with Crippen LogP contribution >= 0.6 is 11.8 Å². The number of urea groups is 1. The lowest BCUT2D eigenvalue weighted by atomic mass is 10.3. The van der Waals surface area contributed by atoms with Crippen molar-refractivity contribution in [3.8, 4) is 0 Å². The molecule has 2 aliphatic heterocycles. The Balaban J connectivity index is 2.00. The van der Waals surface area contributed by atoms with Crippen LogP contribution in [-0.4, -0.2) is 93.4 Å². The van der Waals surface area contributed by atoms with Crippen molar-refractivity contribution in [2.75, 3.05) is 45.1 Å². The van der Waals surface area contributed by atoms with Crippen molar-refractivity contribution >= 4 is 23.8 Å². The first-order valence-corrected chi connectivity index (χ1v) is 8.34. The molecule has 21 heavy (non-hydrogen) atoms. The summed E-state index contributed by atoms with van der Waals surface area (Å²) in [6.45, 7) is 5.42. The van der Waals surface area contributed by atoms with Gasteiger partial charge in [-0.1, -0.05) is 0 Å². The Morgan fingerprint density at radius 2 is 2.00 bits per heavy atom. The number of carboxylic acid groups (broad SMARTS) is 1. The van der Waals surface area contributed by atoms with Crippen molar-refractivity contribution in [1.29, 1.82) is 0 Å². The molecule has 7 nitrogen and oxygen atoms in total. The maximum absolute atomic E-state index is 12.7. The summed E-state index contributed by atoms with van der Waals surface area (Å²) in [5.41, 5.74) is 0. The van der Waals surface area contributed by atoms with Gasteiger partial charge in [0.25, 0.3) is 0 Å². The average Bonchev–Trinajstić information content (AvgIpc) is 2.68. The highest BCUT2D eigenvalue weighted by Crippen LogP contribution is 2.30. The van der Waals surface area contributed by atoms with E-state index in [1.165, 1.54) is 16.7 Å². The van der Waals surface area contributed by atoms with E-state index in [4.69, 9.17) is 5.11 Å². The smallest absolute Gasteiger partial charge is 0.327 e. The van der Waals surface area contributed by atoms with E-state index in [9.17, 15) is 14.7 Å². The van der Waals surface area contributed by atoms with Crippen molar-refractivity contribution in [2.45, 2.75) is 24.8 Å². The summed E-state index contributed by atoms with van der Waals surface area (Å²) in [6, 6.07) is -0.903. The van der Waals surface area contributed by atoms with Gasteiger partial charge in [0.15, 0.2) is 0 Å². The summed E-state index contributed by atoms with van der Waals surface area (Å²) in [5.74, 6) is -0.482. The second kappa shape index (κ2) is 7.33. The van der Waals surface area contributed by atoms with Crippen LogP contribution in [0.25, 0.3) is 0 Å². The van der Waals surface area contributed by atoms with Crippen molar-refractivity contribution in [3.63, 3.8) is 0 Å². The van der Waals surface area contributed by atoms with Gasteiger partial charge in [-0.2, -0.15) is 0 Å². The lowest BCUT2D eigenvalue weighted by Crippen LogP contribution is -2.51. The molecule has 0 aromatic rings. The summed E-state index contributed by atoms with van der Waals surface area (Å²) in [7, 11) is 0. The van der Waals surface area contributed by atoms with Crippen LogP contribution in [0.2, 0.25) is 0 Å². The number of carboxylic acids is 1. The van der Waals surface area contributed by atoms with E-state index in [0.717, 1.165) is 19.5 Å². The number of aliphatic hydroxyl groups excluding tert-OH is 1. The Morgan fingerprint density at radius 1 is 1.24 bits per heavy atom. The molecule has 2 aliphatic rings. The fourth-order valence-electron chi connectivity index (χ4n) is 2.81. The summed E-state index contributed by atoms with van der Waals surface area (Å²) >= 11 is 1.50. The van der Waals surface area contributed by atoms with Crippen LogP contribution in [0.4, 0.5) is 4.79 Å². The van der Waals surface area contributed by atoms with Crippen LogP contribution in [0.15, 0.2) is 0 Å². The van der Waals surface area contributed by atoms with Crippen LogP contribution in [-0.2, 0) is 4.79 Å². The first kappa shape index (κ1) is 16.4. The minimum atomic E-state index is -0.933. The number of aliphatic hydroxyl groups is 1. The van der Waals surface area contributed by atoms with Gasteiger partial charge in [0, 0.05) is 31.9 Å². The van der Waals surface area contributed by atoms with Gasteiger partial charge in [0.1, 0.15) is 6.04 Å². The topological polar surface area (TPSA) is 84.3 Å². The molecule has 2 amide bonds. The monoisotopic (exact) mass is 317 g/mol. The second-order valence-corrected chi connectivity index (χ2v) is 6.73. The van der Waals surface area contributed by atoms with Crippen LogP contribution in [0.1, 0.15) is 13.3 Å². The first-order valence-electron chi connectivity index (χ1n) is 7.29. The van der Waals surface area contributed by atoms with Gasteiger partial charge in [0.05, 0.1) is 12.0 Å². The standard InChI is InChI=1S/C13H23N3O4S/c1-10-16(11(9-21-10)12(18)19)13(20)15-4-2-3-14(5-6-15)7-8-17/h10-11,17H,2-9H2,1H3,(H,18,19). The third-order valence-corrected chi connectivity index (χ3v) is 5.22. The van der Waals surface area contributed by atoms with E-state index in [0.29, 0.717) is 25.4 Å². The third-order valence-electron chi connectivity index (χ3n) is 4.00. The Hall–Kier alpha value is -0.990. The number of amides is 2. The van der Waals surface area contributed by atoms with Crippen LogP contribution in [0.3, 0.4) is 0 Å².